The van der Waals surface area contributed by atoms with Gasteiger partial charge >= 0.3 is 18.0 Å². The minimum Gasteiger partial charge on any atom is -0.461 e. The summed E-state index contributed by atoms with van der Waals surface area (Å²) in [6.45, 7) is 6.78. The van der Waals surface area contributed by atoms with Crippen LogP contribution in [0.4, 0.5) is 4.79 Å². The Morgan fingerprint density at radius 1 is 1.29 bits per heavy atom. The van der Waals surface area contributed by atoms with Gasteiger partial charge in [-0.1, -0.05) is 6.58 Å². The molecule has 0 aliphatic rings. The smallest absolute Gasteiger partial charge is 0.330 e. The molecule has 0 saturated carbocycles. The zero-order valence-electron chi connectivity index (χ0n) is 12.6. The lowest BCUT2D eigenvalue weighted by atomic mass is 10.2. The van der Waals surface area contributed by atoms with E-state index in [0.29, 0.717) is 5.75 Å². The molecule has 7 nitrogen and oxygen atoms in total. The van der Waals surface area contributed by atoms with Crippen molar-refractivity contribution in [2.24, 2.45) is 0 Å². The maximum atomic E-state index is 11.5. The van der Waals surface area contributed by atoms with Gasteiger partial charge in [-0.05, 0) is 20.1 Å². The van der Waals surface area contributed by atoms with Gasteiger partial charge in [-0.3, -0.25) is 4.79 Å². The third-order valence-corrected chi connectivity index (χ3v) is 3.06. The van der Waals surface area contributed by atoms with Crippen LogP contribution in [0.15, 0.2) is 12.7 Å². The highest BCUT2D eigenvalue weighted by molar-refractivity contribution is 7.98. The summed E-state index contributed by atoms with van der Waals surface area (Å²) in [7, 11) is 0. The number of carbonyl (C=O) groups is 3. The maximum absolute atomic E-state index is 11.5. The van der Waals surface area contributed by atoms with Gasteiger partial charge in [0.1, 0.15) is 18.8 Å². The molecule has 21 heavy (non-hydrogen) atoms. The van der Waals surface area contributed by atoms with Gasteiger partial charge in [0, 0.05) is 11.8 Å². The predicted molar refractivity (Wildman–Crippen MR) is 81.1 cm³/mol. The number of nitrogens with one attached hydrogen (secondary N) is 2. The Bertz CT molecular complexity index is 385. The third-order valence-electron chi connectivity index (χ3n) is 2.07. The lowest BCUT2D eigenvalue weighted by Crippen LogP contribution is -2.42. The molecule has 0 saturated heterocycles. The van der Waals surface area contributed by atoms with E-state index in [0.717, 1.165) is 6.08 Å². The van der Waals surface area contributed by atoms with E-state index in [-0.39, 0.29) is 19.7 Å². The summed E-state index contributed by atoms with van der Waals surface area (Å²) in [4.78, 5) is 33.6. The second-order valence-corrected chi connectivity index (χ2v) is 5.51. The summed E-state index contributed by atoms with van der Waals surface area (Å²) >= 11 is 1.57. The Morgan fingerprint density at radius 2 is 1.95 bits per heavy atom. The first-order valence-corrected chi connectivity index (χ1v) is 7.72. The zero-order valence-corrected chi connectivity index (χ0v) is 13.4. The van der Waals surface area contributed by atoms with Crippen LogP contribution >= 0.6 is 11.8 Å². The predicted octanol–water partition coefficient (Wildman–Crippen LogP) is 0.700. The SMILES string of the molecule is C=CC(=O)OCCNC(=O)NCC(=O)OC(C)(C)CSC. The van der Waals surface area contributed by atoms with Gasteiger partial charge in [-0.25, -0.2) is 9.59 Å². The molecule has 0 aromatic carbocycles. The van der Waals surface area contributed by atoms with Gasteiger partial charge in [0.2, 0.25) is 0 Å². The van der Waals surface area contributed by atoms with Crippen LogP contribution in [0.1, 0.15) is 13.8 Å². The summed E-state index contributed by atoms with van der Waals surface area (Å²) < 4.78 is 9.88. The van der Waals surface area contributed by atoms with Crippen LogP contribution in [-0.4, -0.2) is 55.3 Å². The third kappa shape index (κ3) is 10.7. The van der Waals surface area contributed by atoms with Crippen LogP contribution in [0.25, 0.3) is 0 Å². The molecular weight excluding hydrogens is 296 g/mol. The van der Waals surface area contributed by atoms with E-state index in [9.17, 15) is 14.4 Å². The Kier molecular flexibility index (Phi) is 9.27. The van der Waals surface area contributed by atoms with Crippen LogP contribution < -0.4 is 10.6 Å². The van der Waals surface area contributed by atoms with Gasteiger partial charge in [0.05, 0.1) is 6.54 Å². The topological polar surface area (TPSA) is 93.7 Å². The number of urea groups is 1. The summed E-state index contributed by atoms with van der Waals surface area (Å²) in [5.74, 6) is -0.404. The molecule has 0 aliphatic carbocycles. The molecule has 2 amide bonds. The molecular formula is C13H22N2O5S. The summed E-state index contributed by atoms with van der Waals surface area (Å²) in [6, 6.07) is -0.538. The molecule has 0 atom stereocenters. The normalized spacial score (nSPS) is 10.4. The lowest BCUT2D eigenvalue weighted by Gasteiger charge is -2.24. The Balaban J connectivity index is 3.80. The summed E-state index contributed by atoms with van der Waals surface area (Å²) in [5, 5.41) is 4.79. The molecule has 0 fully saturated rings. The van der Waals surface area contributed by atoms with Crippen LogP contribution in [0.3, 0.4) is 0 Å². The standard InChI is InChI=1S/C13H22N2O5S/c1-5-10(16)19-7-6-14-12(18)15-8-11(17)20-13(2,3)9-21-4/h5H,1,6-9H2,2-4H3,(H2,14,15,18). The molecule has 0 spiro atoms. The monoisotopic (exact) mass is 318 g/mol. The number of hydrogen-bond donors (Lipinski definition) is 2. The lowest BCUT2D eigenvalue weighted by molar-refractivity contribution is -0.153. The van der Waals surface area contributed by atoms with E-state index in [1.54, 1.807) is 25.6 Å². The highest BCUT2D eigenvalue weighted by atomic mass is 32.2. The van der Waals surface area contributed by atoms with E-state index < -0.39 is 23.6 Å². The number of hydrogen-bond acceptors (Lipinski definition) is 6. The number of ether oxygens (including phenoxy) is 2. The minimum atomic E-state index is -0.576. The van der Waals surface area contributed by atoms with Crippen molar-refractivity contribution < 1.29 is 23.9 Å². The molecule has 0 heterocycles. The van der Waals surface area contributed by atoms with E-state index in [4.69, 9.17) is 4.74 Å². The van der Waals surface area contributed by atoms with Crippen LogP contribution in [-0.2, 0) is 19.1 Å². The summed E-state index contributed by atoms with van der Waals surface area (Å²) in [5.41, 5.74) is -0.576. The van der Waals surface area contributed by atoms with Crippen molar-refractivity contribution in [1.29, 1.82) is 0 Å². The molecule has 0 aliphatic heterocycles. The average molecular weight is 318 g/mol. The number of thioether (sulfide) groups is 1. The summed E-state index contributed by atoms with van der Waals surface area (Å²) in [6.07, 6.45) is 2.95. The van der Waals surface area contributed by atoms with Gasteiger partial charge in [0.25, 0.3) is 0 Å². The fourth-order valence-electron chi connectivity index (χ4n) is 1.31. The molecule has 0 radical (unpaired) electrons. The number of rotatable bonds is 9. The average Bonchev–Trinajstić information content (AvgIpc) is 2.40. The molecule has 2 N–H and O–H groups in total. The second-order valence-electron chi connectivity index (χ2n) is 4.65. The van der Waals surface area contributed by atoms with Crippen molar-refractivity contribution in [3.05, 3.63) is 12.7 Å². The molecule has 0 unspecified atom stereocenters. The van der Waals surface area contributed by atoms with Gasteiger partial charge in [-0.2, -0.15) is 11.8 Å². The molecule has 0 aromatic heterocycles. The second kappa shape index (κ2) is 10.1. The van der Waals surface area contributed by atoms with Crippen molar-refractivity contribution in [1.82, 2.24) is 10.6 Å². The van der Waals surface area contributed by atoms with E-state index in [2.05, 4.69) is 21.9 Å². The van der Waals surface area contributed by atoms with Crippen molar-refractivity contribution >= 4 is 29.7 Å². The highest BCUT2D eigenvalue weighted by Crippen LogP contribution is 2.14. The van der Waals surface area contributed by atoms with Gasteiger partial charge < -0.3 is 20.1 Å². The van der Waals surface area contributed by atoms with Gasteiger partial charge in [-0.15, -0.1) is 0 Å². The minimum absolute atomic E-state index is 0.0312. The first-order valence-electron chi connectivity index (χ1n) is 6.32. The van der Waals surface area contributed by atoms with Crippen molar-refractivity contribution in [3.63, 3.8) is 0 Å². The van der Waals surface area contributed by atoms with Crippen molar-refractivity contribution in [2.75, 3.05) is 31.7 Å². The molecule has 0 rings (SSSR count). The Morgan fingerprint density at radius 3 is 2.52 bits per heavy atom. The van der Waals surface area contributed by atoms with Crippen LogP contribution in [0, 0.1) is 0 Å². The first-order chi connectivity index (χ1) is 9.80. The van der Waals surface area contributed by atoms with Crippen molar-refractivity contribution in [3.8, 4) is 0 Å². The quantitative estimate of drug-likeness (QED) is 0.369. The number of amides is 2. The molecule has 120 valence electrons. The van der Waals surface area contributed by atoms with E-state index in [1.165, 1.54) is 0 Å². The fourth-order valence-corrected chi connectivity index (χ4v) is 2.07. The Hall–Kier alpha value is -1.70. The number of esters is 2. The van der Waals surface area contributed by atoms with E-state index >= 15 is 0 Å². The molecule has 0 bridgehead atoms. The maximum Gasteiger partial charge on any atom is 0.330 e. The van der Waals surface area contributed by atoms with E-state index in [1.807, 2.05) is 6.26 Å². The van der Waals surface area contributed by atoms with Crippen LogP contribution in [0.2, 0.25) is 0 Å². The molecule has 8 heteroatoms. The van der Waals surface area contributed by atoms with Crippen molar-refractivity contribution in [2.45, 2.75) is 19.4 Å². The fraction of sp³-hybridized carbons (Fsp3) is 0.615. The highest BCUT2D eigenvalue weighted by Gasteiger charge is 2.22. The number of carbonyl (C=O) groups excluding carboxylic acids is 3. The van der Waals surface area contributed by atoms with Gasteiger partial charge in [0.15, 0.2) is 0 Å². The Labute approximate surface area is 128 Å². The first kappa shape index (κ1) is 19.3. The zero-order chi connectivity index (χ0) is 16.3. The largest absolute Gasteiger partial charge is 0.461 e. The van der Waals surface area contributed by atoms with Crippen LogP contribution in [0.5, 0.6) is 0 Å². The molecule has 0 aromatic rings.